The number of halogens is 2. The Hall–Kier alpha value is -1.53. The van der Waals surface area contributed by atoms with Crippen molar-refractivity contribution < 1.29 is 9.21 Å². The van der Waals surface area contributed by atoms with Crippen LogP contribution in [0.25, 0.3) is 0 Å². The molecule has 0 aliphatic carbocycles. The van der Waals surface area contributed by atoms with E-state index < -0.39 is 0 Å². The highest BCUT2D eigenvalue weighted by Gasteiger charge is 2.19. The fourth-order valence-corrected chi connectivity index (χ4v) is 2.64. The molecule has 0 aliphatic heterocycles. The molecule has 0 fully saturated rings. The van der Waals surface area contributed by atoms with Crippen LogP contribution in [0, 0.1) is 0 Å². The molecule has 2 aromatic rings. The van der Waals surface area contributed by atoms with Crippen LogP contribution in [-0.4, -0.2) is 41.9 Å². The summed E-state index contributed by atoms with van der Waals surface area (Å²) in [5, 5.41) is 0. The molecule has 0 saturated heterocycles. The van der Waals surface area contributed by atoms with Crippen LogP contribution in [0.3, 0.4) is 0 Å². The van der Waals surface area contributed by atoms with Crippen LogP contribution < -0.4 is 5.73 Å². The van der Waals surface area contributed by atoms with Crippen molar-refractivity contribution in [1.82, 2.24) is 9.80 Å². The summed E-state index contributed by atoms with van der Waals surface area (Å²) in [6.07, 6.45) is 1.50. The van der Waals surface area contributed by atoms with Crippen LogP contribution in [0.15, 0.2) is 47.1 Å². The van der Waals surface area contributed by atoms with Crippen molar-refractivity contribution in [3.05, 3.63) is 59.5 Å². The van der Waals surface area contributed by atoms with E-state index in [2.05, 4.69) is 18.7 Å². The Balaban J connectivity index is 0.00000312. The number of furan rings is 1. The Bertz CT molecular complexity index is 631. The molecule has 7 heteroatoms. The van der Waals surface area contributed by atoms with E-state index >= 15 is 0 Å². The lowest BCUT2D eigenvalue weighted by Gasteiger charge is -2.26. The lowest BCUT2D eigenvalue weighted by molar-refractivity contribution is 0.0723. The Morgan fingerprint density at radius 2 is 1.73 bits per heavy atom. The number of amides is 1. The highest BCUT2D eigenvalue weighted by molar-refractivity contribution is 5.94. The fraction of sp³-hybridized carbons (Fsp3) is 0.421. The summed E-state index contributed by atoms with van der Waals surface area (Å²) in [6, 6.07) is 11.8. The smallest absolute Gasteiger partial charge is 0.257 e. The van der Waals surface area contributed by atoms with Crippen molar-refractivity contribution in [1.29, 1.82) is 0 Å². The summed E-state index contributed by atoms with van der Waals surface area (Å²) in [7, 11) is 0. The molecule has 0 spiro atoms. The van der Waals surface area contributed by atoms with Crippen LogP contribution in [-0.2, 0) is 13.1 Å². The molecule has 5 nitrogen and oxygen atoms in total. The first-order valence-electron chi connectivity index (χ1n) is 8.50. The number of likely N-dealkylation sites (N-methyl/N-ethyl adjacent to an activating group) is 1. The van der Waals surface area contributed by atoms with Gasteiger partial charge in [0.15, 0.2) is 0 Å². The van der Waals surface area contributed by atoms with Crippen molar-refractivity contribution in [2.45, 2.75) is 26.9 Å². The van der Waals surface area contributed by atoms with Gasteiger partial charge in [-0.1, -0.05) is 44.2 Å². The van der Waals surface area contributed by atoms with Gasteiger partial charge in [-0.05, 0) is 24.7 Å². The van der Waals surface area contributed by atoms with Crippen molar-refractivity contribution in [2.24, 2.45) is 5.73 Å². The molecule has 0 aliphatic rings. The number of carbonyl (C=O) groups excluding carboxylic acids is 1. The molecular weight excluding hydrogens is 373 g/mol. The SMILES string of the molecule is CCN(CC)CCN(Cc1ccccc1)C(=O)c1coc(CN)c1.Cl.Cl. The molecule has 2 N–H and O–H groups in total. The molecular formula is C19H29Cl2N3O2. The van der Waals surface area contributed by atoms with E-state index in [9.17, 15) is 4.79 Å². The van der Waals surface area contributed by atoms with Gasteiger partial charge < -0.3 is 20.0 Å². The number of hydrogen-bond donors (Lipinski definition) is 1. The summed E-state index contributed by atoms with van der Waals surface area (Å²) in [4.78, 5) is 17.1. The molecule has 0 saturated carbocycles. The molecule has 26 heavy (non-hydrogen) atoms. The summed E-state index contributed by atoms with van der Waals surface area (Å²) in [5.41, 5.74) is 7.25. The van der Waals surface area contributed by atoms with E-state index in [4.69, 9.17) is 10.2 Å². The predicted molar refractivity (Wildman–Crippen MR) is 110 cm³/mol. The van der Waals surface area contributed by atoms with Gasteiger partial charge in [0, 0.05) is 19.6 Å². The molecule has 0 bridgehead atoms. The molecule has 0 atom stereocenters. The van der Waals surface area contributed by atoms with Crippen LogP contribution >= 0.6 is 24.8 Å². The van der Waals surface area contributed by atoms with Crippen molar-refractivity contribution >= 4 is 30.7 Å². The first-order chi connectivity index (χ1) is 11.7. The van der Waals surface area contributed by atoms with Crippen molar-refractivity contribution in [3.8, 4) is 0 Å². The monoisotopic (exact) mass is 401 g/mol. The lowest BCUT2D eigenvalue weighted by Crippen LogP contribution is -2.38. The van der Waals surface area contributed by atoms with Crippen LogP contribution in [0.1, 0.15) is 35.5 Å². The second-order valence-corrected chi connectivity index (χ2v) is 5.75. The van der Waals surface area contributed by atoms with Crippen molar-refractivity contribution in [3.63, 3.8) is 0 Å². The number of benzene rings is 1. The van der Waals surface area contributed by atoms with Gasteiger partial charge in [0.05, 0.1) is 12.1 Å². The minimum atomic E-state index is -0.0190. The third-order valence-electron chi connectivity index (χ3n) is 4.19. The average Bonchev–Trinajstić information content (AvgIpc) is 3.11. The van der Waals surface area contributed by atoms with Gasteiger partial charge in [0.25, 0.3) is 5.91 Å². The first-order valence-corrected chi connectivity index (χ1v) is 8.50. The summed E-state index contributed by atoms with van der Waals surface area (Å²) in [5.74, 6) is 0.608. The normalized spacial score (nSPS) is 10.2. The predicted octanol–water partition coefficient (Wildman–Crippen LogP) is 3.57. The second kappa shape index (κ2) is 12.8. The van der Waals surface area contributed by atoms with Crippen LogP contribution in [0.2, 0.25) is 0 Å². The molecule has 1 amide bonds. The minimum Gasteiger partial charge on any atom is -0.467 e. The van der Waals surface area contributed by atoms with Gasteiger partial charge in [0.2, 0.25) is 0 Å². The molecule has 2 rings (SSSR count). The highest BCUT2D eigenvalue weighted by Crippen LogP contribution is 2.13. The summed E-state index contributed by atoms with van der Waals surface area (Å²) < 4.78 is 5.32. The Morgan fingerprint density at radius 3 is 2.27 bits per heavy atom. The maximum absolute atomic E-state index is 12.9. The van der Waals surface area contributed by atoms with E-state index in [1.54, 1.807) is 6.07 Å². The number of nitrogens with zero attached hydrogens (tertiary/aromatic N) is 2. The number of rotatable bonds is 9. The van der Waals surface area contributed by atoms with E-state index in [1.165, 1.54) is 6.26 Å². The third kappa shape index (κ3) is 7.00. The fourth-order valence-electron chi connectivity index (χ4n) is 2.64. The standard InChI is InChI=1S/C19H27N3O2.2ClH/c1-3-21(4-2)10-11-22(14-16-8-6-5-7-9-16)19(23)17-12-18(13-20)24-15-17;;/h5-9,12,15H,3-4,10-11,13-14,20H2,1-2H3;2*1H. The van der Waals surface area contributed by atoms with Gasteiger partial charge in [-0.2, -0.15) is 0 Å². The zero-order valence-corrected chi connectivity index (χ0v) is 17.0. The lowest BCUT2D eigenvalue weighted by atomic mass is 10.2. The van der Waals surface area contributed by atoms with Crippen LogP contribution in [0.4, 0.5) is 0 Å². The maximum Gasteiger partial charge on any atom is 0.257 e. The third-order valence-corrected chi connectivity index (χ3v) is 4.19. The Morgan fingerprint density at radius 1 is 1.08 bits per heavy atom. The van der Waals surface area contributed by atoms with E-state index in [0.29, 0.717) is 31.0 Å². The quantitative estimate of drug-likeness (QED) is 0.697. The average molecular weight is 402 g/mol. The minimum absolute atomic E-state index is 0. The molecule has 1 aromatic heterocycles. The molecule has 0 radical (unpaired) electrons. The number of hydrogen-bond acceptors (Lipinski definition) is 4. The Labute approximate surface area is 168 Å². The zero-order valence-electron chi connectivity index (χ0n) is 15.4. The number of nitrogens with two attached hydrogens (primary N) is 1. The van der Waals surface area contributed by atoms with Crippen molar-refractivity contribution in [2.75, 3.05) is 26.2 Å². The zero-order chi connectivity index (χ0) is 17.4. The van der Waals surface area contributed by atoms with Crippen LogP contribution in [0.5, 0.6) is 0 Å². The molecule has 0 unspecified atom stereocenters. The summed E-state index contributed by atoms with van der Waals surface area (Å²) >= 11 is 0. The maximum atomic E-state index is 12.9. The van der Waals surface area contributed by atoms with E-state index in [0.717, 1.165) is 25.2 Å². The second-order valence-electron chi connectivity index (χ2n) is 5.75. The first kappa shape index (κ1) is 24.5. The molecule has 1 aromatic carbocycles. The molecule has 146 valence electrons. The van der Waals surface area contributed by atoms with Gasteiger partial charge >= 0.3 is 0 Å². The Kier molecular flexibility index (Phi) is 12.0. The van der Waals surface area contributed by atoms with Gasteiger partial charge in [-0.25, -0.2) is 0 Å². The summed E-state index contributed by atoms with van der Waals surface area (Å²) in [6.45, 7) is 8.65. The molecule has 1 heterocycles. The van der Waals surface area contributed by atoms with E-state index in [-0.39, 0.29) is 30.7 Å². The topological polar surface area (TPSA) is 62.7 Å². The van der Waals surface area contributed by atoms with E-state index in [1.807, 2.05) is 35.2 Å². The largest absolute Gasteiger partial charge is 0.467 e. The van der Waals surface area contributed by atoms with Gasteiger partial charge in [0.1, 0.15) is 12.0 Å². The highest BCUT2D eigenvalue weighted by atomic mass is 35.5. The van der Waals surface area contributed by atoms with Gasteiger partial charge in [-0.15, -0.1) is 24.8 Å². The number of carbonyl (C=O) groups is 1. The van der Waals surface area contributed by atoms with Gasteiger partial charge in [-0.3, -0.25) is 4.79 Å².